The van der Waals surface area contributed by atoms with E-state index in [1.54, 1.807) is 7.05 Å². The lowest BCUT2D eigenvalue weighted by Gasteiger charge is -2.38. The highest BCUT2D eigenvalue weighted by Gasteiger charge is 2.34. The van der Waals surface area contributed by atoms with Crippen LogP contribution in [0, 0.1) is 19.7 Å². The summed E-state index contributed by atoms with van der Waals surface area (Å²) in [5.41, 5.74) is 1.05. The van der Waals surface area contributed by atoms with E-state index in [1.807, 2.05) is 18.7 Å². The lowest BCUT2D eigenvalue weighted by Crippen LogP contribution is -2.44. The fourth-order valence-corrected chi connectivity index (χ4v) is 3.91. The maximum atomic E-state index is 13.3. The van der Waals surface area contributed by atoms with E-state index >= 15 is 0 Å². The van der Waals surface area contributed by atoms with Crippen molar-refractivity contribution in [1.82, 2.24) is 15.1 Å². The molecule has 0 N–H and O–H groups in total. The van der Waals surface area contributed by atoms with Crippen molar-refractivity contribution in [3.05, 3.63) is 51.4 Å². The van der Waals surface area contributed by atoms with Crippen molar-refractivity contribution in [2.24, 2.45) is 0 Å². The standard InChI is InChI=1S/C20H23ClF4N4/c1-12-13(2)19(27-26-18(12)21)29-8-6-16(7-9-29)28(3)11-14-4-5-15(22)10-17(14)20(23,24)25/h4-5,10,16H,6-9,11H2,1-3H3. The van der Waals surface area contributed by atoms with Gasteiger partial charge in [0.15, 0.2) is 11.0 Å². The zero-order chi connectivity index (χ0) is 21.3. The highest BCUT2D eigenvalue weighted by molar-refractivity contribution is 6.30. The molecule has 1 aromatic heterocycles. The van der Waals surface area contributed by atoms with Crippen LogP contribution in [0.25, 0.3) is 0 Å². The highest BCUT2D eigenvalue weighted by Crippen LogP contribution is 2.34. The van der Waals surface area contributed by atoms with Crippen LogP contribution in [0.15, 0.2) is 18.2 Å². The Bertz CT molecular complexity index is 880. The molecule has 3 rings (SSSR count). The Balaban J connectivity index is 1.67. The molecule has 9 heteroatoms. The third-order valence-electron chi connectivity index (χ3n) is 5.62. The molecule has 158 valence electrons. The van der Waals surface area contributed by atoms with Gasteiger partial charge in [-0.25, -0.2) is 4.39 Å². The lowest BCUT2D eigenvalue weighted by molar-refractivity contribution is -0.138. The molecule has 1 aromatic carbocycles. The molecule has 2 aromatic rings. The van der Waals surface area contributed by atoms with Gasteiger partial charge >= 0.3 is 6.18 Å². The minimum atomic E-state index is -4.58. The molecule has 0 aliphatic carbocycles. The number of anilines is 1. The lowest BCUT2D eigenvalue weighted by atomic mass is 10.0. The number of nitrogens with zero attached hydrogens (tertiary/aromatic N) is 4. The van der Waals surface area contributed by atoms with Crippen LogP contribution in [-0.2, 0) is 12.7 Å². The van der Waals surface area contributed by atoms with E-state index in [9.17, 15) is 17.6 Å². The van der Waals surface area contributed by atoms with Gasteiger partial charge in [-0.15, -0.1) is 10.2 Å². The van der Waals surface area contributed by atoms with Crippen molar-refractivity contribution in [3.63, 3.8) is 0 Å². The Morgan fingerprint density at radius 1 is 1.14 bits per heavy atom. The fraction of sp³-hybridized carbons (Fsp3) is 0.500. The summed E-state index contributed by atoms with van der Waals surface area (Å²) < 4.78 is 53.1. The van der Waals surface area contributed by atoms with Crippen molar-refractivity contribution in [1.29, 1.82) is 0 Å². The quantitative estimate of drug-likeness (QED) is 0.638. The average Bonchev–Trinajstić information content (AvgIpc) is 2.67. The van der Waals surface area contributed by atoms with E-state index in [0.29, 0.717) is 11.2 Å². The molecule has 0 saturated carbocycles. The van der Waals surface area contributed by atoms with Crippen LogP contribution in [0.5, 0.6) is 0 Å². The number of piperidine rings is 1. The van der Waals surface area contributed by atoms with Crippen LogP contribution in [-0.4, -0.2) is 41.3 Å². The van der Waals surface area contributed by atoms with Crippen molar-refractivity contribution < 1.29 is 17.6 Å². The second kappa shape index (κ2) is 8.44. The summed E-state index contributed by atoms with van der Waals surface area (Å²) in [7, 11) is 1.81. The molecule has 0 atom stereocenters. The molecule has 1 aliphatic rings. The molecule has 0 amide bonds. The summed E-state index contributed by atoms with van der Waals surface area (Å²) in [6, 6.07) is 2.99. The van der Waals surface area contributed by atoms with Crippen LogP contribution < -0.4 is 4.90 Å². The Labute approximate surface area is 172 Å². The van der Waals surface area contributed by atoms with Gasteiger partial charge in [-0.05, 0) is 62.6 Å². The fourth-order valence-electron chi connectivity index (χ4n) is 3.73. The summed E-state index contributed by atoms with van der Waals surface area (Å²) in [6.45, 7) is 5.41. The first kappa shape index (κ1) is 21.8. The third kappa shape index (κ3) is 4.80. The van der Waals surface area contributed by atoms with Crippen LogP contribution >= 0.6 is 11.6 Å². The number of hydrogen-bond acceptors (Lipinski definition) is 4. The number of hydrogen-bond donors (Lipinski definition) is 0. The zero-order valence-electron chi connectivity index (χ0n) is 16.5. The Kier molecular flexibility index (Phi) is 6.33. The summed E-state index contributed by atoms with van der Waals surface area (Å²) in [4.78, 5) is 4.04. The maximum absolute atomic E-state index is 13.3. The molecule has 0 spiro atoms. The minimum absolute atomic E-state index is 0.0823. The first-order valence-electron chi connectivity index (χ1n) is 9.38. The topological polar surface area (TPSA) is 32.3 Å². The van der Waals surface area contributed by atoms with Gasteiger partial charge in [-0.1, -0.05) is 17.7 Å². The van der Waals surface area contributed by atoms with Gasteiger partial charge < -0.3 is 4.90 Å². The van der Waals surface area contributed by atoms with Crippen molar-refractivity contribution in [2.75, 3.05) is 25.0 Å². The van der Waals surface area contributed by atoms with Crippen molar-refractivity contribution in [2.45, 2.75) is 45.5 Å². The zero-order valence-corrected chi connectivity index (χ0v) is 17.3. The molecule has 4 nitrogen and oxygen atoms in total. The van der Waals surface area contributed by atoms with Gasteiger partial charge in [0.2, 0.25) is 0 Å². The molecule has 0 unspecified atom stereocenters. The number of aromatic nitrogens is 2. The first-order valence-corrected chi connectivity index (χ1v) is 9.76. The van der Waals surface area contributed by atoms with Crippen LogP contribution in [0.3, 0.4) is 0 Å². The molecule has 2 heterocycles. The second-order valence-electron chi connectivity index (χ2n) is 7.50. The van der Waals surface area contributed by atoms with Gasteiger partial charge in [0, 0.05) is 25.7 Å². The Morgan fingerprint density at radius 3 is 2.41 bits per heavy atom. The van der Waals surface area contributed by atoms with Gasteiger partial charge in [-0.3, -0.25) is 4.90 Å². The average molecular weight is 431 g/mol. The van der Waals surface area contributed by atoms with Gasteiger partial charge in [0.1, 0.15) is 5.82 Å². The Hall–Kier alpha value is -1.93. The molecule has 1 aliphatic heterocycles. The third-order valence-corrected chi connectivity index (χ3v) is 5.98. The normalized spacial score (nSPS) is 16.0. The first-order chi connectivity index (χ1) is 13.6. The smallest absolute Gasteiger partial charge is 0.355 e. The predicted molar refractivity (Wildman–Crippen MR) is 105 cm³/mol. The van der Waals surface area contributed by atoms with E-state index in [-0.39, 0.29) is 18.2 Å². The van der Waals surface area contributed by atoms with E-state index in [2.05, 4.69) is 15.1 Å². The monoisotopic (exact) mass is 430 g/mol. The van der Waals surface area contributed by atoms with Gasteiger partial charge in [0.05, 0.1) is 5.56 Å². The van der Waals surface area contributed by atoms with Crippen molar-refractivity contribution >= 4 is 17.4 Å². The minimum Gasteiger partial charge on any atom is -0.355 e. The molecular weight excluding hydrogens is 408 g/mol. The van der Waals surface area contributed by atoms with Gasteiger partial charge in [0.25, 0.3) is 0 Å². The maximum Gasteiger partial charge on any atom is 0.416 e. The Morgan fingerprint density at radius 2 is 1.79 bits per heavy atom. The van der Waals surface area contributed by atoms with Crippen molar-refractivity contribution in [3.8, 4) is 0 Å². The van der Waals surface area contributed by atoms with Crippen LogP contribution in [0.2, 0.25) is 5.15 Å². The molecular formula is C20H23ClF4N4. The molecule has 0 bridgehead atoms. The van der Waals surface area contributed by atoms with E-state index < -0.39 is 17.6 Å². The highest BCUT2D eigenvalue weighted by atomic mass is 35.5. The molecule has 1 saturated heterocycles. The molecule has 1 fully saturated rings. The number of alkyl halides is 3. The number of rotatable bonds is 4. The summed E-state index contributed by atoms with van der Waals surface area (Å²) in [5.74, 6) is -0.0855. The number of benzene rings is 1. The van der Waals surface area contributed by atoms with Crippen LogP contribution in [0.4, 0.5) is 23.4 Å². The molecule has 0 radical (unpaired) electrons. The van der Waals surface area contributed by atoms with E-state index in [0.717, 1.165) is 48.9 Å². The van der Waals surface area contributed by atoms with E-state index in [4.69, 9.17) is 11.6 Å². The van der Waals surface area contributed by atoms with E-state index in [1.165, 1.54) is 6.07 Å². The number of halogens is 5. The largest absolute Gasteiger partial charge is 0.416 e. The predicted octanol–water partition coefficient (Wildman–Crippen LogP) is 5.01. The second-order valence-corrected chi connectivity index (χ2v) is 7.85. The van der Waals surface area contributed by atoms with Gasteiger partial charge in [-0.2, -0.15) is 13.2 Å². The molecule has 29 heavy (non-hydrogen) atoms. The SMILES string of the molecule is Cc1c(Cl)nnc(N2CCC(N(C)Cc3ccc(F)cc3C(F)(F)F)CC2)c1C. The summed E-state index contributed by atoms with van der Waals surface area (Å²) >= 11 is 6.02. The summed E-state index contributed by atoms with van der Waals surface area (Å²) in [5, 5.41) is 8.60. The van der Waals surface area contributed by atoms with Crippen LogP contribution in [0.1, 0.15) is 35.1 Å². The summed E-state index contributed by atoms with van der Waals surface area (Å²) in [6.07, 6.45) is -3.02.